The fourth-order valence-corrected chi connectivity index (χ4v) is 3.86. The molecule has 0 saturated heterocycles. The number of nitrogens with zero attached hydrogens (tertiary/aromatic N) is 2. The van der Waals surface area contributed by atoms with Gasteiger partial charge in [0.05, 0.1) is 17.8 Å². The number of ether oxygens (including phenoxy) is 1. The lowest BCUT2D eigenvalue weighted by atomic mass is 9.93. The first-order chi connectivity index (χ1) is 12.5. The number of anilines is 2. The minimum atomic E-state index is -0.559. The highest BCUT2D eigenvalue weighted by Crippen LogP contribution is 2.25. The van der Waals surface area contributed by atoms with Crippen molar-refractivity contribution in [2.45, 2.75) is 75.7 Å². The molecule has 2 aliphatic carbocycles. The monoisotopic (exact) mass is 363 g/mol. The van der Waals surface area contributed by atoms with Crippen molar-refractivity contribution in [1.29, 1.82) is 0 Å². The molecule has 1 amide bonds. The molecule has 0 aromatic carbocycles. The lowest BCUT2D eigenvalue weighted by Crippen LogP contribution is -2.32. The number of aliphatic hydroxyl groups excluding tert-OH is 1. The van der Waals surface area contributed by atoms with Gasteiger partial charge in [-0.15, -0.1) is 0 Å². The number of nitrogens with two attached hydrogens (primary N) is 1. The van der Waals surface area contributed by atoms with Crippen molar-refractivity contribution in [2.75, 3.05) is 17.7 Å². The highest BCUT2D eigenvalue weighted by Gasteiger charge is 2.24. The van der Waals surface area contributed by atoms with Crippen LogP contribution in [0.3, 0.4) is 0 Å². The standard InChI is InChI=1S/C18H29N5O3/c1-26-14-7-5-11(6-8-14)22-18-20-10-15(16(19)25)17(23-18)21-12-3-2-4-13(24)9-12/h10-14,24H,2-9H2,1H3,(H2,19,25)(H2,20,21,22,23)/t11-,12?,13?,14-. The summed E-state index contributed by atoms with van der Waals surface area (Å²) in [6.45, 7) is 0. The Morgan fingerprint density at radius 1 is 1.19 bits per heavy atom. The number of carbonyl (C=O) groups is 1. The normalized spacial score (nSPS) is 29.2. The van der Waals surface area contributed by atoms with Crippen molar-refractivity contribution in [3.63, 3.8) is 0 Å². The predicted molar refractivity (Wildman–Crippen MR) is 99.1 cm³/mol. The largest absolute Gasteiger partial charge is 0.393 e. The minimum absolute atomic E-state index is 0.0803. The number of aromatic nitrogens is 2. The average Bonchev–Trinajstić information content (AvgIpc) is 2.62. The van der Waals surface area contributed by atoms with Gasteiger partial charge in [-0.05, 0) is 51.4 Å². The second kappa shape index (κ2) is 8.64. The number of hydrogen-bond donors (Lipinski definition) is 4. The Kier molecular flexibility index (Phi) is 6.26. The Morgan fingerprint density at radius 3 is 2.62 bits per heavy atom. The fourth-order valence-electron chi connectivity index (χ4n) is 3.86. The first-order valence-electron chi connectivity index (χ1n) is 9.46. The highest BCUT2D eigenvalue weighted by atomic mass is 16.5. The molecule has 1 heterocycles. The van der Waals surface area contributed by atoms with Crippen molar-refractivity contribution in [2.24, 2.45) is 5.73 Å². The van der Waals surface area contributed by atoms with Gasteiger partial charge in [0.25, 0.3) is 5.91 Å². The van der Waals surface area contributed by atoms with Gasteiger partial charge in [0.2, 0.25) is 5.95 Å². The maximum atomic E-state index is 11.7. The molecule has 8 heteroatoms. The van der Waals surface area contributed by atoms with E-state index in [1.165, 1.54) is 6.20 Å². The second-order valence-corrected chi connectivity index (χ2v) is 7.34. The summed E-state index contributed by atoms with van der Waals surface area (Å²) in [7, 11) is 1.75. The predicted octanol–water partition coefficient (Wildman–Crippen LogP) is 1.66. The lowest BCUT2D eigenvalue weighted by molar-refractivity contribution is 0.0681. The molecule has 0 spiro atoms. The van der Waals surface area contributed by atoms with Gasteiger partial charge in [-0.1, -0.05) is 0 Å². The average molecular weight is 363 g/mol. The third-order valence-corrected chi connectivity index (χ3v) is 5.38. The van der Waals surface area contributed by atoms with Crippen molar-refractivity contribution in [1.82, 2.24) is 9.97 Å². The number of aliphatic hydroxyl groups is 1. The molecule has 0 bridgehead atoms. The van der Waals surface area contributed by atoms with E-state index < -0.39 is 5.91 Å². The number of primary amides is 1. The van der Waals surface area contributed by atoms with Crippen LogP contribution in [0.5, 0.6) is 0 Å². The van der Waals surface area contributed by atoms with Crippen molar-refractivity contribution in [3.8, 4) is 0 Å². The molecule has 8 nitrogen and oxygen atoms in total. The quantitative estimate of drug-likeness (QED) is 0.606. The van der Waals surface area contributed by atoms with Crippen LogP contribution in [-0.4, -0.2) is 52.4 Å². The summed E-state index contributed by atoms with van der Waals surface area (Å²) in [4.78, 5) is 20.5. The fraction of sp³-hybridized carbons (Fsp3) is 0.722. The SMILES string of the molecule is CO[C@H]1CC[C@H](Nc2ncc(C(N)=O)c(NC3CCCC(O)C3)n2)CC1. The zero-order valence-corrected chi connectivity index (χ0v) is 15.3. The van der Waals surface area contributed by atoms with Crippen molar-refractivity contribution >= 4 is 17.7 Å². The smallest absolute Gasteiger partial charge is 0.254 e. The van der Waals surface area contributed by atoms with Crippen LogP contribution in [0.25, 0.3) is 0 Å². The maximum absolute atomic E-state index is 11.7. The van der Waals surface area contributed by atoms with Gasteiger partial charge >= 0.3 is 0 Å². The Balaban J connectivity index is 1.68. The van der Waals surface area contributed by atoms with Gasteiger partial charge in [-0.25, -0.2) is 4.98 Å². The van der Waals surface area contributed by atoms with Crippen LogP contribution < -0.4 is 16.4 Å². The summed E-state index contributed by atoms with van der Waals surface area (Å²) in [5.74, 6) is 0.380. The lowest BCUT2D eigenvalue weighted by Gasteiger charge is -2.29. The van der Waals surface area contributed by atoms with Gasteiger partial charge in [0.15, 0.2) is 0 Å². The van der Waals surface area contributed by atoms with Crippen LogP contribution in [0.4, 0.5) is 11.8 Å². The molecule has 1 aromatic rings. The summed E-state index contributed by atoms with van der Waals surface area (Å²) >= 11 is 0. The molecule has 2 atom stereocenters. The van der Waals surface area contributed by atoms with E-state index in [1.807, 2.05) is 0 Å². The molecule has 26 heavy (non-hydrogen) atoms. The van der Waals surface area contributed by atoms with Gasteiger partial charge in [-0.3, -0.25) is 4.79 Å². The van der Waals surface area contributed by atoms with Crippen LogP contribution in [0.15, 0.2) is 6.20 Å². The molecule has 5 N–H and O–H groups in total. The number of rotatable bonds is 6. The van der Waals surface area contributed by atoms with Crippen molar-refractivity contribution in [3.05, 3.63) is 11.8 Å². The van der Waals surface area contributed by atoms with Gasteiger partial charge in [0.1, 0.15) is 5.82 Å². The zero-order valence-electron chi connectivity index (χ0n) is 15.3. The molecule has 2 fully saturated rings. The van der Waals surface area contributed by atoms with Crippen LogP contribution in [-0.2, 0) is 4.74 Å². The zero-order chi connectivity index (χ0) is 18.5. The number of amides is 1. The van der Waals surface area contributed by atoms with Crippen LogP contribution in [0.2, 0.25) is 0 Å². The van der Waals surface area contributed by atoms with Crippen molar-refractivity contribution < 1.29 is 14.6 Å². The maximum Gasteiger partial charge on any atom is 0.254 e. The van der Waals surface area contributed by atoms with E-state index in [0.29, 0.717) is 30.3 Å². The number of carbonyl (C=O) groups excluding carboxylic acids is 1. The molecule has 144 valence electrons. The summed E-state index contributed by atoms with van der Waals surface area (Å²) in [5, 5.41) is 16.5. The minimum Gasteiger partial charge on any atom is -0.393 e. The second-order valence-electron chi connectivity index (χ2n) is 7.34. The molecule has 2 aliphatic rings. The first-order valence-corrected chi connectivity index (χ1v) is 9.46. The molecular formula is C18H29N5O3. The number of hydrogen-bond acceptors (Lipinski definition) is 7. The Morgan fingerprint density at radius 2 is 1.96 bits per heavy atom. The summed E-state index contributed by atoms with van der Waals surface area (Å²) in [5.41, 5.74) is 5.75. The Labute approximate surface area is 153 Å². The van der Waals surface area contributed by atoms with Gasteiger partial charge < -0.3 is 26.2 Å². The van der Waals surface area contributed by atoms with E-state index >= 15 is 0 Å². The third-order valence-electron chi connectivity index (χ3n) is 5.38. The van der Waals surface area contributed by atoms with Crippen LogP contribution >= 0.6 is 0 Å². The third kappa shape index (κ3) is 4.82. The van der Waals surface area contributed by atoms with Gasteiger partial charge in [0, 0.05) is 25.4 Å². The number of nitrogens with one attached hydrogen (secondary N) is 2. The van der Waals surface area contributed by atoms with E-state index in [9.17, 15) is 9.90 Å². The molecule has 1 aromatic heterocycles. The number of methoxy groups -OCH3 is 1. The molecular weight excluding hydrogens is 334 g/mol. The molecule has 0 aliphatic heterocycles. The molecule has 2 saturated carbocycles. The summed E-state index contributed by atoms with van der Waals surface area (Å²) in [6.07, 6.45) is 8.86. The van der Waals surface area contributed by atoms with Crippen LogP contribution in [0.1, 0.15) is 61.7 Å². The first kappa shape index (κ1) is 18.8. The molecule has 3 rings (SSSR count). The van der Waals surface area contributed by atoms with E-state index in [-0.39, 0.29) is 17.7 Å². The van der Waals surface area contributed by atoms with E-state index in [0.717, 1.165) is 44.9 Å². The summed E-state index contributed by atoms with van der Waals surface area (Å²) in [6, 6.07) is 0.377. The van der Waals surface area contributed by atoms with E-state index in [2.05, 4.69) is 20.6 Å². The molecule has 2 unspecified atom stereocenters. The Bertz CT molecular complexity index is 619. The highest BCUT2D eigenvalue weighted by molar-refractivity contribution is 5.97. The van der Waals surface area contributed by atoms with Crippen LogP contribution in [0, 0.1) is 0 Å². The molecule has 0 radical (unpaired) electrons. The van der Waals surface area contributed by atoms with E-state index in [1.54, 1.807) is 7.11 Å². The summed E-state index contributed by atoms with van der Waals surface area (Å²) < 4.78 is 5.40. The Hall–Kier alpha value is -1.93. The van der Waals surface area contributed by atoms with E-state index in [4.69, 9.17) is 10.5 Å². The topological polar surface area (TPSA) is 122 Å². The van der Waals surface area contributed by atoms with Gasteiger partial charge in [-0.2, -0.15) is 4.98 Å².